The van der Waals surface area contributed by atoms with Crippen molar-refractivity contribution in [2.45, 2.75) is 6.92 Å². The SMILES string of the molecule is CCCl.ClC=C(Cl)Cl. The van der Waals surface area contributed by atoms with Crippen LogP contribution >= 0.6 is 46.4 Å². The molecule has 0 aromatic carbocycles. The van der Waals surface area contributed by atoms with Gasteiger partial charge in [-0.15, -0.1) is 11.6 Å². The molecule has 0 heterocycles. The van der Waals surface area contributed by atoms with Crippen molar-refractivity contribution >= 4 is 46.4 Å². The highest BCUT2D eigenvalue weighted by Crippen LogP contribution is 2.05. The van der Waals surface area contributed by atoms with E-state index in [2.05, 4.69) is 0 Å². The van der Waals surface area contributed by atoms with Gasteiger partial charge in [0.1, 0.15) is 4.49 Å². The smallest absolute Gasteiger partial charge is 0.118 e. The number of hydrogen-bond acceptors (Lipinski definition) is 0. The quantitative estimate of drug-likeness (QED) is 0.517. The van der Waals surface area contributed by atoms with Gasteiger partial charge < -0.3 is 0 Å². The summed E-state index contributed by atoms with van der Waals surface area (Å²) in [5.41, 5.74) is 1.09. The third-order valence-electron chi connectivity index (χ3n) is 0.0825. The number of rotatable bonds is 0. The molecular weight excluding hydrogens is 190 g/mol. The molecule has 0 bridgehead atoms. The molecule has 50 valence electrons. The van der Waals surface area contributed by atoms with E-state index in [9.17, 15) is 0 Å². The van der Waals surface area contributed by atoms with Gasteiger partial charge in [0.15, 0.2) is 0 Å². The van der Waals surface area contributed by atoms with E-state index >= 15 is 0 Å². The van der Waals surface area contributed by atoms with Crippen LogP contribution in [0.4, 0.5) is 0 Å². The van der Waals surface area contributed by atoms with Crippen LogP contribution in [-0.2, 0) is 0 Å². The minimum atomic E-state index is 0.0895. The predicted molar refractivity (Wildman–Crippen MR) is 42.0 cm³/mol. The van der Waals surface area contributed by atoms with Crippen molar-refractivity contribution in [1.29, 1.82) is 0 Å². The monoisotopic (exact) mass is 194 g/mol. The molecule has 0 nitrogen and oxygen atoms in total. The molecule has 0 aromatic heterocycles. The maximum atomic E-state index is 5.00. The van der Waals surface area contributed by atoms with Crippen molar-refractivity contribution in [2.24, 2.45) is 0 Å². The molecule has 0 saturated carbocycles. The molecule has 0 N–H and O–H groups in total. The second kappa shape index (κ2) is 10.8. The molecule has 0 rings (SSSR count). The molecule has 4 heteroatoms. The molecule has 0 aromatic rings. The van der Waals surface area contributed by atoms with E-state index < -0.39 is 0 Å². The Balaban J connectivity index is 0. The van der Waals surface area contributed by atoms with E-state index in [1.54, 1.807) is 0 Å². The Kier molecular flexibility index (Phi) is 15.8. The minimum absolute atomic E-state index is 0.0895. The Morgan fingerprint density at radius 1 is 1.50 bits per heavy atom. The fourth-order valence-electron chi connectivity index (χ4n) is 0. The van der Waals surface area contributed by atoms with Crippen LogP contribution in [0.5, 0.6) is 0 Å². The zero-order valence-corrected chi connectivity index (χ0v) is 7.32. The first kappa shape index (κ1) is 11.7. The van der Waals surface area contributed by atoms with Gasteiger partial charge in [-0.2, -0.15) is 0 Å². The zero-order chi connectivity index (χ0) is 6.99. The van der Waals surface area contributed by atoms with Crippen molar-refractivity contribution in [3.05, 3.63) is 10.0 Å². The van der Waals surface area contributed by atoms with Gasteiger partial charge in [0, 0.05) is 11.4 Å². The molecule has 8 heavy (non-hydrogen) atoms. The van der Waals surface area contributed by atoms with E-state index in [1.807, 2.05) is 6.92 Å². The lowest BCUT2D eigenvalue weighted by atomic mass is 11.0. The standard InChI is InChI=1S/C2HCl3.C2H5Cl/c3-1-2(4)5;1-2-3/h1H;2H2,1H3. The van der Waals surface area contributed by atoms with Crippen LogP contribution in [-0.4, -0.2) is 5.88 Å². The van der Waals surface area contributed by atoms with Crippen LogP contribution in [0.2, 0.25) is 0 Å². The Hall–Kier alpha value is 0.900. The van der Waals surface area contributed by atoms with Crippen molar-refractivity contribution < 1.29 is 0 Å². The maximum absolute atomic E-state index is 5.00. The van der Waals surface area contributed by atoms with Crippen molar-refractivity contribution in [1.82, 2.24) is 0 Å². The van der Waals surface area contributed by atoms with Crippen LogP contribution < -0.4 is 0 Å². The summed E-state index contributed by atoms with van der Waals surface area (Å²) in [7, 11) is 0. The largest absolute Gasteiger partial charge is 0.127 e. The molecule has 0 unspecified atom stereocenters. The summed E-state index contributed by atoms with van der Waals surface area (Å²) in [6.45, 7) is 1.89. The number of halogens is 4. The second-order valence-corrected chi connectivity index (χ2v) is 2.43. The fraction of sp³-hybridized carbons (Fsp3) is 0.500. The summed E-state index contributed by atoms with van der Waals surface area (Å²) in [6, 6.07) is 0. The molecule has 0 radical (unpaired) electrons. The average Bonchev–Trinajstić information content (AvgIpc) is 1.69. The van der Waals surface area contributed by atoms with Gasteiger partial charge in [0.05, 0.1) is 0 Å². The van der Waals surface area contributed by atoms with Crippen LogP contribution in [0, 0.1) is 0 Å². The molecule has 0 aliphatic carbocycles. The topological polar surface area (TPSA) is 0 Å². The van der Waals surface area contributed by atoms with Crippen LogP contribution in [0.1, 0.15) is 6.92 Å². The van der Waals surface area contributed by atoms with Gasteiger partial charge in [-0.1, -0.05) is 41.7 Å². The molecular formula is C4H6Cl4. The molecule has 0 aliphatic heterocycles. The van der Waals surface area contributed by atoms with Gasteiger partial charge in [-0.3, -0.25) is 0 Å². The Labute approximate surface area is 69.4 Å². The van der Waals surface area contributed by atoms with Crippen molar-refractivity contribution in [3.8, 4) is 0 Å². The summed E-state index contributed by atoms with van der Waals surface area (Å²) >= 11 is 19.8. The number of alkyl halides is 1. The van der Waals surface area contributed by atoms with Crippen molar-refractivity contribution in [3.63, 3.8) is 0 Å². The summed E-state index contributed by atoms with van der Waals surface area (Å²) in [6.07, 6.45) is 0. The van der Waals surface area contributed by atoms with E-state index in [0.717, 1.165) is 11.4 Å². The first-order valence-electron chi connectivity index (χ1n) is 1.86. The van der Waals surface area contributed by atoms with Gasteiger partial charge in [0.25, 0.3) is 0 Å². The van der Waals surface area contributed by atoms with Crippen LogP contribution in [0.15, 0.2) is 10.0 Å². The third-order valence-corrected chi connectivity index (χ3v) is 0.742. The normalized spacial score (nSPS) is 6.62. The summed E-state index contributed by atoms with van der Waals surface area (Å²) < 4.78 is 0.0895. The highest BCUT2D eigenvalue weighted by Gasteiger charge is 1.70. The maximum Gasteiger partial charge on any atom is 0.118 e. The van der Waals surface area contributed by atoms with E-state index in [0.29, 0.717) is 0 Å². The summed E-state index contributed by atoms with van der Waals surface area (Å²) in [4.78, 5) is 0. The summed E-state index contributed by atoms with van der Waals surface area (Å²) in [5, 5.41) is 0. The van der Waals surface area contributed by atoms with Gasteiger partial charge in [-0.05, 0) is 0 Å². The zero-order valence-electron chi connectivity index (χ0n) is 4.30. The van der Waals surface area contributed by atoms with Crippen molar-refractivity contribution in [2.75, 3.05) is 5.88 Å². The molecule has 0 spiro atoms. The molecule has 0 aliphatic rings. The average molecular weight is 196 g/mol. The van der Waals surface area contributed by atoms with Gasteiger partial charge >= 0.3 is 0 Å². The highest BCUT2D eigenvalue weighted by atomic mass is 35.5. The Morgan fingerprint density at radius 3 is 1.62 bits per heavy atom. The first-order valence-corrected chi connectivity index (χ1v) is 3.59. The third kappa shape index (κ3) is 28.6. The lowest BCUT2D eigenvalue weighted by Gasteiger charge is -1.64. The minimum Gasteiger partial charge on any atom is -0.127 e. The molecule has 0 saturated heterocycles. The highest BCUT2D eigenvalue weighted by molar-refractivity contribution is 6.58. The van der Waals surface area contributed by atoms with Crippen LogP contribution in [0.25, 0.3) is 0 Å². The second-order valence-electron chi connectivity index (χ2n) is 0.666. The Bertz CT molecular complexity index is 55.1. The van der Waals surface area contributed by atoms with Gasteiger partial charge in [-0.25, -0.2) is 0 Å². The predicted octanol–water partition coefficient (Wildman–Crippen LogP) is 3.75. The van der Waals surface area contributed by atoms with E-state index in [-0.39, 0.29) is 4.49 Å². The molecule has 0 atom stereocenters. The lowest BCUT2D eigenvalue weighted by Crippen LogP contribution is -1.36. The number of hydrogen-bond donors (Lipinski definition) is 0. The van der Waals surface area contributed by atoms with E-state index in [1.165, 1.54) is 0 Å². The molecule has 0 amide bonds. The fourth-order valence-corrected chi connectivity index (χ4v) is 0. The Morgan fingerprint density at radius 2 is 1.62 bits per heavy atom. The summed E-state index contributed by atoms with van der Waals surface area (Å²) in [5.74, 6) is 0.722. The molecule has 0 fully saturated rings. The van der Waals surface area contributed by atoms with E-state index in [4.69, 9.17) is 46.4 Å². The lowest BCUT2D eigenvalue weighted by molar-refractivity contribution is 1.51. The van der Waals surface area contributed by atoms with Gasteiger partial charge in [0.2, 0.25) is 0 Å². The van der Waals surface area contributed by atoms with Crippen LogP contribution in [0.3, 0.4) is 0 Å². The first-order chi connectivity index (χ1) is 3.68.